The molecule has 1 rings (SSSR count). The zero-order valence-electron chi connectivity index (χ0n) is 12.1. The summed E-state index contributed by atoms with van der Waals surface area (Å²) in [6.07, 6.45) is -1.60. The van der Waals surface area contributed by atoms with E-state index in [4.69, 9.17) is 0 Å². The SMILES string of the molecule is CCCNCC(C)C(C)N1CC=C(C(F)(F)F)CC1. The highest BCUT2D eigenvalue weighted by atomic mass is 19.4. The van der Waals surface area contributed by atoms with Gasteiger partial charge in [-0.3, -0.25) is 4.90 Å². The van der Waals surface area contributed by atoms with E-state index >= 15 is 0 Å². The average molecular weight is 278 g/mol. The molecule has 0 aromatic heterocycles. The van der Waals surface area contributed by atoms with Crippen molar-refractivity contribution in [3.63, 3.8) is 0 Å². The van der Waals surface area contributed by atoms with Crippen LogP contribution in [0.25, 0.3) is 0 Å². The first kappa shape index (κ1) is 16.5. The van der Waals surface area contributed by atoms with Crippen LogP contribution in [-0.4, -0.2) is 43.3 Å². The molecule has 0 spiro atoms. The fraction of sp³-hybridized carbons (Fsp3) is 0.857. The Labute approximate surface area is 114 Å². The van der Waals surface area contributed by atoms with E-state index in [1.54, 1.807) is 0 Å². The summed E-state index contributed by atoms with van der Waals surface area (Å²) in [4.78, 5) is 2.13. The molecule has 0 saturated carbocycles. The van der Waals surface area contributed by atoms with Crippen LogP contribution in [0.3, 0.4) is 0 Å². The van der Waals surface area contributed by atoms with E-state index in [9.17, 15) is 13.2 Å². The van der Waals surface area contributed by atoms with Crippen molar-refractivity contribution in [1.29, 1.82) is 0 Å². The molecule has 1 aliphatic rings. The largest absolute Gasteiger partial charge is 0.412 e. The predicted octanol–water partition coefficient (Wildman–Crippen LogP) is 3.21. The maximum absolute atomic E-state index is 12.5. The van der Waals surface area contributed by atoms with Crippen LogP contribution in [0.4, 0.5) is 13.2 Å². The van der Waals surface area contributed by atoms with E-state index in [1.165, 1.54) is 6.08 Å². The van der Waals surface area contributed by atoms with E-state index in [1.807, 2.05) is 0 Å². The minimum Gasteiger partial charge on any atom is -0.316 e. The Morgan fingerprint density at radius 3 is 2.53 bits per heavy atom. The Hall–Kier alpha value is -0.550. The van der Waals surface area contributed by atoms with Crippen LogP contribution >= 0.6 is 0 Å². The molecule has 0 amide bonds. The molecule has 0 saturated heterocycles. The third kappa shape index (κ3) is 5.15. The number of hydrogen-bond donors (Lipinski definition) is 1. The van der Waals surface area contributed by atoms with Crippen LogP contribution in [-0.2, 0) is 0 Å². The standard InChI is InChI=1S/C14H25F3N2/c1-4-7-18-10-11(2)12(3)19-8-5-13(6-9-19)14(15,16)17/h5,11-12,18H,4,6-10H2,1-3H3. The number of nitrogens with zero attached hydrogens (tertiary/aromatic N) is 1. The second-order valence-electron chi connectivity index (χ2n) is 5.39. The average Bonchev–Trinajstić information content (AvgIpc) is 2.37. The lowest BCUT2D eigenvalue weighted by atomic mass is 9.99. The third-order valence-corrected chi connectivity index (χ3v) is 3.90. The third-order valence-electron chi connectivity index (χ3n) is 3.90. The monoisotopic (exact) mass is 278 g/mol. The van der Waals surface area contributed by atoms with E-state index in [0.717, 1.165) is 19.5 Å². The fourth-order valence-electron chi connectivity index (χ4n) is 2.35. The Balaban J connectivity index is 2.43. The van der Waals surface area contributed by atoms with Gasteiger partial charge in [0.1, 0.15) is 0 Å². The Morgan fingerprint density at radius 1 is 1.37 bits per heavy atom. The van der Waals surface area contributed by atoms with Gasteiger partial charge >= 0.3 is 6.18 Å². The van der Waals surface area contributed by atoms with Gasteiger partial charge in [-0.25, -0.2) is 0 Å². The molecule has 1 N–H and O–H groups in total. The highest BCUT2D eigenvalue weighted by molar-refractivity contribution is 5.13. The maximum atomic E-state index is 12.5. The molecule has 0 bridgehead atoms. The summed E-state index contributed by atoms with van der Waals surface area (Å²) >= 11 is 0. The number of rotatable bonds is 6. The Morgan fingerprint density at radius 2 is 2.05 bits per heavy atom. The normalized spacial score (nSPS) is 21.1. The highest BCUT2D eigenvalue weighted by Crippen LogP contribution is 2.31. The minimum absolute atomic E-state index is 0.114. The predicted molar refractivity (Wildman–Crippen MR) is 72.1 cm³/mol. The second kappa shape index (κ2) is 7.29. The quantitative estimate of drug-likeness (QED) is 0.593. The molecule has 5 heteroatoms. The number of halogens is 3. The molecule has 0 aromatic carbocycles. The molecule has 2 nitrogen and oxygen atoms in total. The van der Waals surface area contributed by atoms with E-state index < -0.39 is 6.18 Å². The first-order valence-electron chi connectivity index (χ1n) is 7.07. The van der Waals surface area contributed by atoms with Gasteiger partial charge in [0.15, 0.2) is 0 Å². The van der Waals surface area contributed by atoms with Crippen LogP contribution in [0.2, 0.25) is 0 Å². The Bertz CT molecular complexity index is 300. The first-order valence-corrected chi connectivity index (χ1v) is 7.07. The summed E-state index contributed by atoms with van der Waals surface area (Å²) in [6, 6.07) is 0.301. The van der Waals surface area contributed by atoms with Gasteiger partial charge in [0.05, 0.1) is 0 Å². The van der Waals surface area contributed by atoms with E-state index in [0.29, 0.717) is 25.0 Å². The van der Waals surface area contributed by atoms with E-state index in [-0.39, 0.29) is 12.0 Å². The molecule has 0 radical (unpaired) electrons. The van der Waals surface area contributed by atoms with Crippen LogP contribution in [0.15, 0.2) is 11.6 Å². The van der Waals surface area contributed by atoms with Gasteiger partial charge in [0, 0.05) is 24.7 Å². The van der Waals surface area contributed by atoms with Crippen molar-refractivity contribution >= 4 is 0 Å². The lowest BCUT2D eigenvalue weighted by Gasteiger charge is -2.35. The van der Waals surface area contributed by atoms with Crippen LogP contribution in [0, 0.1) is 5.92 Å². The van der Waals surface area contributed by atoms with Gasteiger partial charge in [0.25, 0.3) is 0 Å². The van der Waals surface area contributed by atoms with Gasteiger partial charge in [-0.05, 0) is 38.8 Å². The van der Waals surface area contributed by atoms with Crippen molar-refractivity contribution in [3.05, 3.63) is 11.6 Å². The molecule has 0 fully saturated rings. The number of alkyl halides is 3. The molecule has 19 heavy (non-hydrogen) atoms. The molecule has 2 unspecified atom stereocenters. The molecule has 1 heterocycles. The molecule has 112 valence electrons. The van der Waals surface area contributed by atoms with Crippen molar-refractivity contribution in [2.75, 3.05) is 26.2 Å². The van der Waals surface area contributed by atoms with Gasteiger partial charge < -0.3 is 5.32 Å². The number of nitrogens with one attached hydrogen (secondary N) is 1. The van der Waals surface area contributed by atoms with Crippen LogP contribution in [0.1, 0.15) is 33.6 Å². The Kier molecular flexibility index (Phi) is 6.33. The zero-order chi connectivity index (χ0) is 14.5. The molecule has 0 aliphatic carbocycles. The van der Waals surface area contributed by atoms with Crippen molar-refractivity contribution in [1.82, 2.24) is 10.2 Å². The first-order chi connectivity index (χ1) is 8.86. The number of hydrogen-bond acceptors (Lipinski definition) is 2. The van der Waals surface area contributed by atoms with Crippen LogP contribution < -0.4 is 5.32 Å². The van der Waals surface area contributed by atoms with Crippen molar-refractivity contribution in [2.45, 2.75) is 45.8 Å². The summed E-state index contributed by atoms with van der Waals surface area (Å²) in [5.74, 6) is 0.437. The van der Waals surface area contributed by atoms with Gasteiger partial charge in [-0.2, -0.15) is 13.2 Å². The smallest absolute Gasteiger partial charge is 0.316 e. The lowest BCUT2D eigenvalue weighted by molar-refractivity contribution is -0.0965. The highest BCUT2D eigenvalue weighted by Gasteiger charge is 2.35. The van der Waals surface area contributed by atoms with Gasteiger partial charge in [-0.15, -0.1) is 0 Å². The summed E-state index contributed by atoms with van der Waals surface area (Å²) in [5.41, 5.74) is -0.368. The van der Waals surface area contributed by atoms with Crippen molar-refractivity contribution < 1.29 is 13.2 Å². The molecular weight excluding hydrogens is 253 g/mol. The summed E-state index contributed by atoms with van der Waals surface area (Å²) in [5, 5.41) is 3.37. The summed E-state index contributed by atoms with van der Waals surface area (Å²) in [7, 11) is 0. The molecule has 2 atom stereocenters. The van der Waals surface area contributed by atoms with Crippen molar-refractivity contribution in [3.8, 4) is 0 Å². The molecular formula is C14H25F3N2. The summed E-state index contributed by atoms with van der Waals surface area (Å²) < 4.78 is 37.6. The van der Waals surface area contributed by atoms with Crippen LogP contribution in [0.5, 0.6) is 0 Å². The summed E-state index contributed by atoms with van der Waals surface area (Å²) in [6.45, 7) is 9.20. The fourth-order valence-corrected chi connectivity index (χ4v) is 2.35. The second-order valence-corrected chi connectivity index (χ2v) is 5.39. The van der Waals surface area contributed by atoms with Crippen molar-refractivity contribution in [2.24, 2.45) is 5.92 Å². The molecule has 0 aromatic rings. The lowest BCUT2D eigenvalue weighted by Crippen LogP contribution is -2.44. The zero-order valence-corrected chi connectivity index (χ0v) is 12.1. The maximum Gasteiger partial charge on any atom is 0.412 e. The van der Waals surface area contributed by atoms with Gasteiger partial charge in [-0.1, -0.05) is 19.9 Å². The van der Waals surface area contributed by atoms with E-state index in [2.05, 4.69) is 31.0 Å². The topological polar surface area (TPSA) is 15.3 Å². The molecule has 1 aliphatic heterocycles. The minimum atomic E-state index is -4.15. The van der Waals surface area contributed by atoms with Gasteiger partial charge in [0.2, 0.25) is 0 Å².